The van der Waals surface area contributed by atoms with Crippen molar-refractivity contribution in [2.75, 3.05) is 37.8 Å². The van der Waals surface area contributed by atoms with Crippen molar-refractivity contribution in [2.45, 2.75) is 46.1 Å². The van der Waals surface area contributed by atoms with Crippen LogP contribution in [-0.2, 0) is 6.42 Å². The Labute approximate surface area is 123 Å². The number of rotatable bonds is 9. The highest BCUT2D eigenvalue weighted by atomic mass is 15.1. The quantitative estimate of drug-likeness (QED) is 0.728. The van der Waals surface area contributed by atoms with E-state index in [1.54, 1.807) is 0 Å². The van der Waals surface area contributed by atoms with Gasteiger partial charge in [0.1, 0.15) is 17.5 Å². The second-order valence-corrected chi connectivity index (χ2v) is 5.54. The first-order valence-corrected chi connectivity index (χ1v) is 7.58. The van der Waals surface area contributed by atoms with Gasteiger partial charge in [-0.25, -0.2) is 9.97 Å². The predicted molar refractivity (Wildman–Crippen MR) is 86.4 cm³/mol. The van der Waals surface area contributed by atoms with E-state index in [9.17, 15) is 0 Å². The zero-order chi connectivity index (χ0) is 15.0. The zero-order valence-electron chi connectivity index (χ0n) is 13.5. The highest BCUT2D eigenvalue weighted by molar-refractivity contribution is 5.48. The highest BCUT2D eigenvalue weighted by Crippen LogP contribution is 2.13. The van der Waals surface area contributed by atoms with E-state index in [2.05, 4.69) is 60.4 Å². The van der Waals surface area contributed by atoms with Crippen LogP contribution >= 0.6 is 0 Å². The van der Waals surface area contributed by atoms with Crippen molar-refractivity contribution in [1.29, 1.82) is 0 Å². The third-order valence-corrected chi connectivity index (χ3v) is 2.84. The predicted octanol–water partition coefficient (Wildman–Crippen LogP) is 2.61. The van der Waals surface area contributed by atoms with E-state index in [4.69, 9.17) is 0 Å². The van der Waals surface area contributed by atoms with Crippen molar-refractivity contribution >= 4 is 11.6 Å². The molecule has 0 fully saturated rings. The molecule has 20 heavy (non-hydrogen) atoms. The molecular formula is C15H29N5. The van der Waals surface area contributed by atoms with Crippen LogP contribution in [0.25, 0.3) is 0 Å². The lowest BCUT2D eigenvalue weighted by Crippen LogP contribution is -2.30. The van der Waals surface area contributed by atoms with Crippen molar-refractivity contribution in [1.82, 2.24) is 14.9 Å². The van der Waals surface area contributed by atoms with Crippen molar-refractivity contribution in [3.8, 4) is 0 Å². The molecule has 0 spiro atoms. The Kier molecular flexibility index (Phi) is 7.30. The third kappa shape index (κ3) is 6.19. The highest BCUT2D eigenvalue weighted by Gasteiger charge is 2.08. The molecule has 5 heteroatoms. The van der Waals surface area contributed by atoms with Crippen molar-refractivity contribution in [2.24, 2.45) is 0 Å². The Morgan fingerprint density at radius 1 is 1.15 bits per heavy atom. The van der Waals surface area contributed by atoms with Gasteiger partial charge >= 0.3 is 0 Å². The van der Waals surface area contributed by atoms with E-state index in [0.29, 0.717) is 6.04 Å². The normalized spacial score (nSPS) is 12.5. The molecule has 2 N–H and O–H groups in total. The third-order valence-electron chi connectivity index (χ3n) is 2.84. The summed E-state index contributed by atoms with van der Waals surface area (Å²) in [5.74, 6) is 2.74. The average Bonchev–Trinajstić information content (AvgIpc) is 2.35. The molecule has 1 atom stereocenters. The first-order valence-electron chi connectivity index (χ1n) is 7.58. The van der Waals surface area contributed by atoms with E-state index in [0.717, 1.165) is 49.8 Å². The van der Waals surface area contributed by atoms with Crippen LogP contribution in [0.15, 0.2) is 6.07 Å². The van der Waals surface area contributed by atoms with Gasteiger partial charge in [-0.15, -0.1) is 0 Å². The molecule has 0 saturated heterocycles. The summed E-state index contributed by atoms with van der Waals surface area (Å²) in [5, 5.41) is 6.80. The van der Waals surface area contributed by atoms with Gasteiger partial charge in [0.15, 0.2) is 0 Å². The lowest BCUT2D eigenvalue weighted by atomic mass is 10.3. The molecule has 0 aliphatic heterocycles. The van der Waals surface area contributed by atoms with Gasteiger partial charge in [0.05, 0.1) is 0 Å². The standard InChI is InChI=1S/C15H29N5/c1-6-8-13-18-14(16-9-7-2)10-15(19-13)17-12(3)11-20(4)5/h10,12H,6-9,11H2,1-5H3,(H2,16,17,18,19). The summed E-state index contributed by atoms with van der Waals surface area (Å²) < 4.78 is 0. The number of hydrogen-bond acceptors (Lipinski definition) is 5. The second kappa shape index (κ2) is 8.74. The Bertz CT molecular complexity index is 392. The average molecular weight is 279 g/mol. The van der Waals surface area contributed by atoms with Gasteiger partial charge in [-0.1, -0.05) is 13.8 Å². The molecule has 0 aliphatic carbocycles. The number of aromatic nitrogens is 2. The molecule has 1 unspecified atom stereocenters. The van der Waals surface area contributed by atoms with Crippen LogP contribution in [0.5, 0.6) is 0 Å². The Morgan fingerprint density at radius 2 is 1.85 bits per heavy atom. The van der Waals surface area contributed by atoms with Crippen molar-refractivity contribution in [3.05, 3.63) is 11.9 Å². The minimum atomic E-state index is 0.355. The molecule has 0 bridgehead atoms. The minimum Gasteiger partial charge on any atom is -0.370 e. The first-order chi connectivity index (χ1) is 9.55. The van der Waals surface area contributed by atoms with E-state index < -0.39 is 0 Å². The Morgan fingerprint density at radius 3 is 2.45 bits per heavy atom. The van der Waals surface area contributed by atoms with E-state index >= 15 is 0 Å². The van der Waals surface area contributed by atoms with Crippen LogP contribution in [-0.4, -0.2) is 48.1 Å². The van der Waals surface area contributed by atoms with Crippen LogP contribution in [0.3, 0.4) is 0 Å². The summed E-state index contributed by atoms with van der Waals surface area (Å²) in [5.41, 5.74) is 0. The van der Waals surface area contributed by atoms with Gasteiger partial charge in [0.25, 0.3) is 0 Å². The fourth-order valence-corrected chi connectivity index (χ4v) is 2.10. The molecule has 0 saturated carbocycles. The topological polar surface area (TPSA) is 53.1 Å². The summed E-state index contributed by atoms with van der Waals surface area (Å²) >= 11 is 0. The van der Waals surface area contributed by atoms with Crippen LogP contribution in [0.1, 0.15) is 39.4 Å². The Hall–Kier alpha value is -1.36. The van der Waals surface area contributed by atoms with E-state index in [-0.39, 0.29) is 0 Å². The largest absolute Gasteiger partial charge is 0.370 e. The fourth-order valence-electron chi connectivity index (χ4n) is 2.10. The summed E-state index contributed by atoms with van der Waals surface area (Å²) in [6, 6.07) is 2.36. The second-order valence-electron chi connectivity index (χ2n) is 5.54. The molecular weight excluding hydrogens is 250 g/mol. The maximum atomic E-state index is 4.60. The number of nitrogens with one attached hydrogen (secondary N) is 2. The summed E-state index contributed by atoms with van der Waals surface area (Å²) in [6.45, 7) is 8.39. The molecule has 5 nitrogen and oxygen atoms in total. The molecule has 0 amide bonds. The van der Waals surface area contributed by atoms with Gasteiger partial charge < -0.3 is 15.5 Å². The van der Waals surface area contributed by atoms with Crippen LogP contribution < -0.4 is 10.6 Å². The number of hydrogen-bond donors (Lipinski definition) is 2. The molecule has 114 valence electrons. The van der Waals surface area contributed by atoms with Gasteiger partial charge in [0.2, 0.25) is 0 Å². The van der Waals surface area contributed by atoms with Gasteiger partial charge in [-0.3, -0.25) is 0 Å². The number of anilines is 2. The zero-order valence-corrected chi connectivity index (χ0v) is 13.5. The molecule has 1 rings (SSSR count). The fraction of sp³-hybridized carbons (Fsp3) is 0.733. The molecule has 1 aromatic rings. The minimum absolute atomic E-state index is 0.355. The molecule has 0 radical (unpaired) electrons. The van der Waals surface area contributed by atoms with Crippen molar-refractivity contribution < 1.29 is 0 Å². The van der Waals surface area contributed by atoms with Gasteiger partial charge in [-0.05, 0) is 33.9 Å². The monoisotopic (exact) mass is 279 g/mol. The van der Waals surface area contributed by atoms with Crippen LogP contribution in [0.2, 0.25) is 0 Å². The molecule has 0 aliphatic rings. The lowest BCUT2D eigenvalue weighted by Gasteiger charge is -2.19. The maximum absolute atomic E-state index is 4.60. The summed E-state index contributed by atoms with van der Waals surface area (Å²) in [6.07, 6.45) is 3.06. The smallest absolute Gasteiger partial charge is 0.133 e. The number of likely N-dealkylation sites (N-methyl/N-ethyl adjacent to an activating group) is 1. The first kappa shape index (κ1) is 16.7. The summed E-state index contributed by atoms with van der Waals surface area (Å²) in [4.78, 5) is 11.3. The van der Waals surface area contributed by atoms with E-state index in [1.807, 2.05) is 6.07 Å². The lowest BCUT2D eigenvalue weighted by molar-refractivity contribution is 0.392. The van der Waals surface area contributed by atoms with Crippen LogP contribution in [0.4, 0.5) is 11.6 Å². The summed E-state index contributed by atoms with van der Waals surface area (Å²) in [7, 11) is 4.16. The van der Waals surface area contributed by atoms with Gasteiger partial charge in [-0.2, -0.15) is 0 Å². The molecule has 1 heterocycles. The number of aryl methyl sites for hydroxylation is 1. The SMILES string of the molecule is CCCNc1cc(NC(C)CN(C)C)nc(CCC)n1. The molecule has 0 aromatic carbocycles. The number of nitrogens with zero attached hydrogens (tertiary/aromatic N) is 3. The van der Waals surface area contributed by atoms with Crippen LogP contribution in [0, 0.1) is 0 Å². The van der Waals surface area contributed by atoms with Gasteiger partial charge in [0, 0.05) is 31.6 Å². The maximum Gasteiger partial charge on any atom is 0.133 e. The van der Waals surface area contributed by atoms with Crippen molar-refractivity contribution in [3.63, 3.8) is 0 Å². The van der Waals surface area contributed by atoms with E-state index in [1.165, 1.54) is 0 Å². The molecule has 1 aromatic heterocycles. The Balaban J connectivity index is 2.79.